The van der Waals surface area contributed by atoms with Crippen LogP contribution in [0, 0.1) is 10.1 Å². The van der Waals surface area contributed by atoms with Crippen molar-refractivity contribution < 1.29 is 4.92 Å². The Morgan fingerprint density at radius 2 is 2.00 bits per heavy atom. The van der Waals surface area contributed by atoms with E-state index in [4.69, 9.17) is 0 Å². The van der Waals surface area contributed by atoms with Gasteiger partial charge < -0.3 is 5.32 Å². The van der Waals surface area contributed by atoms with Crippen molar-refractivity contribution in [3.63, 3.8) is 0 Å². The number of nitro benzene ring substituents is 1. The van der Waals surface area contributed by atoms with Gasteiger partial charge in [-0.1, -0.05) is 31.4 Å². The molecule has 0 saturated heterocycles. The van der Waals surface area contributed by atoms with Crippen molar-refractivity contribution >= 4 is 11.4 Å². The number of hydrogen-bond donors (Lipinski definition) is 1. The molecule has 1 aliphatic carbocycles. The predicted molar refractivity (Wildman–Crippen MR) is 66.3 cm³/mol. The zero-order valence-electron chi connectivity index (χ0n) is 9.74. The SMILES string of the molecule is O=[N+]([O-])c1cccc2c1NCC21CCCCC1. The van der Waals surface area contributed by atoms with Gasteiger partial charge in [0.2, 0.25) is 0 Å². The third-order valence-electron chi connectivity index (χ3n) is 4.22. The topological polar surface area (TPSA) is 55.2 Å². The second-order valence-corrected chi connectivity index (χ2v) is 5.15. The van der Waals surface area contributed by atoms with Gasteiger partial charge in [-0.2, -0.15) is 0 Å². The number of hydrogen-bond acceptors (Lipinski definition) is 3. The standard InChI is InChI=1S/C13H16N2O2/c16-15(17)11-6-4-5-10-12(11)14-9-13(10)7-2-1-3-8-13/h4-6,14H,1-3,7-9H2. The molecule has 4 heteroatoms. The highest BCUT2D eigenvalue weighted by molar-refractivity contribution is 5.72. The largest absolute Gasteiger partial charge is 0.378 e. The van der Waals surface area contributed by atoms with E-state index in [1.165, 1.54) is 24.8 Å². The molecule has 1 spiro atoms. The molecule has 1 heterocycles. The van der Waals surface area contributed by atoms with E-state index >= 15 is 0 Å². The van der Waals surface area contributed by atoms with Gasteiger partial charge in [0.15, 0.2) is 0 Å². The summed E-state index contributed by atoms with van der Waals surface area (Å²) >= 11 is 0. The number of nitrogens with one attached hydrogen (secondary N) is 1. The molecule has 4 nitrogen and oxygen atoms in total. The lowest BCUT2D eigenvalue weighted by molar-refractivity contribution is -0.383. The Morgan fingerprint density at radius 3 is 2.71 bits per heavy atom. The molecule has 0 bridgehead atoms. The van der Waals surface area contributed by atoms with Crippen LogP contribution < -0.4 is 5.32 Å². The first-order valence-electron chi connectivity index (χ1n) is 6.25. The Kier molecular flexibility index (Phi) is 2.31. The van der Waals surface area contributed by atoms with Crippen molar-refractivity contribution in [1.29, 1.82) is 0 Å². The van der Waals surface area contributed by atoms with Gasteiger partial charge in [0.05, 0.1) is 4.92 Å². The summed E-state index contributed by atoms with van der Waals surface area (Å²) in [6.07, 6.45) is 6.10. The minimum absolute atomic E-state index is 0.166. The van der Waals surface area contributed by atoms with Crippen LogP contribution in [-0.4, -0.2) is 11.5 Å². The summed E-state index contributed by atoms with van der Waals surface area (Å²) in [6.45, 7) is 0.868. The quantitative estimate of drug-likeness (QED) is 0.597. The Balaban J connectivity index is 2.08. The lowest BCUT2D eigenvalue weighted by Gasteiger charge is -2.33. The third kappa shape index (κ3) is 1.51. The van der Waals surface area contributed by atoms with E-state index in [1.807, 2.05) is 6.07 Å². The van der Waals surface area contributed by atoms with E-state index in [-0.39, 0.29) is 16.0 Å². The van der Waals surface area contributed by atoms with Crippen molar-refractivity contribution in [1.82, 2.24) is 0 Å². The maximum atomic E-state index is 11.0. The second kappa shape index (κ2) is 3.72. The number of rotatable bonds is 1. The zero-order chi connectivity index (χ0) is 11.9. The van der Waals surface area contributed by atoms with E-state index in [0.29, 0.717) is 0 Å². The van der Waals surface area contributed by atoms with Gasteiger partial charge in [0.25, 0.3) is 5.69 Å². The molecule has 1 aliphatic heterocycles. The van der Waals surface area contributed by atoms with Gasteiger partial charge in [0.1, 0.15) is 5.69 Å². The normalized spacial score (nSPS) is 20.9. The van der Waals surface area contributed by atoms with Crippen LogP contribution in [0.15, 0.2) is 18.2 Å². The van der Waals surface area contributed by atoms with Gasteiger partial charge in [0, 0.05) is 18.0 Å². The highest BCUT2D eigenvalue weighted by atomic mass is 16.6. The molecule has 1 N–H and O–H groups in total. The lowest BCUT2D eigenvalue weighted by Crippen LogP contribution is -2.30. The summed E-state index contributed by atoms with van der Waals surface area (Å²) in [5, 5.41) is 14.3. The van der Waals surface area contributed by atoms with Crippen LogP contribution in [0.1, 0.15) is 37.7 Å². The number of nitrogens with zero attached hydrogens (tertiary/aromatic N) is 1. The molecule has 0 unspecified atom stereocenters. The number of benzene rings is 1. The molecular formula is C13H16N2O2. The summed E-state index contributed by atoms with van der Waals surface area (Å²) in [5.41, 5.74) is 2.33. The average Bonchev–Trinajstić information content (AvgIpc) is 2.69. The van der Waals surface area contributed by atoms with E-state index in [9.17, 15) is 10.1 Å². The first-order valence-corrected chi connectivity index (χ1v) is 6.25. The van der Waals surface area contributed by atoms with E-state index in [0.717, 1.165) is 25.1 Å². The van der Waals surface area contributed by atoms with Crippen LogP contribution in [0.25, 0.3) is 0 Å². The van der Waals surface area contributed by atoms with E-state index in [1.54, 1.807) is 6.07 Å². The Hall–Kier alpha value is -1.58. The summed E-state index contributed by atoms with van der Waals surface area (Å²) in [5.74, 6) is 0. The fourth-order valence-electron chi connectivity index (χ4n) is 3.35. The minimum Gasteiger partial charge on any atom is -0.378 e. The Morgan fingerprint density at radius 1 is 1.24 bits per heavy atom. The first kappa shape index (κ1) is 10.6. The summed E-state index contributed by atoms with van der Waals surface area (Å²) < 4.78 is 0. The van der Waals surface area contributed by atoms with Crippen molar-refractivity contribution in [3.8, 4) is 0 Å². The molecule has 0 amide bonds. The van der Waals surface area contributed by atoms with Crippen molar-refractivity contribution in [2.24, 2.45) is 0 Å². The fourth-order valence-corrected chi connectivity index (χ4v) is 3.35. The summed E-state index contributed by atoms with van der Waals surface area (Å²) in [4.78, 5) is 10.7. The van der Waals surface area contributed by atoms with E-state index < -0.39 is 0 Å². The molecule has 1 aromatic carbocycles. The fraction of sp³-hybridized carbons (Fsp3) is 0.538. The molecule has 0 atom stereocenters. The highest BCUT2D eigenvalue weighted by Crippen LogP contribution is 2.49. The molecule has 0 radical (unpaired) electrons. The first-order chi connectivity index (χ1) is 8.23. The van der Waals surface area contributed by atoms with Gasteiger partial charge in [-0.25, -0.2) is 0 Å². The van der Waals surface area contributed by atoms with Crippen molar-refractivity contribution in [3.05, 3.63) is 33.9 Å². The van der Waals surface area contributed by atoms with Crippen LogP contribution in [0.2, 0.25) is 0 Å². The molecule has 1 saturated carbocycles. The molecule has 1 aromatic rings. The third-order valence-corrected chi connectivity index (χ3v) is 4.22. The lowest BCUT2D eigenvalue weighted by atomic mass is 9.71. The van der Waals surface area contributed by atoms with Crippen molar-refractivity contribution in [2.75, 3.05) is 11.9 Å². The smallest absolute Gasteiger partial charge is 0.292 e. The van der Waals surface area contributed by atoms with Crippen LogP contribution >= 0.6 is 0 Å². The molecule has 17 heavy (non-hydrogen) atoms. The number of fused-ring (bicyclic) bond motifs is 2. The maximum absolute atomic E-state index is 11.0. The number of anilines is 1. The van der Waals surface area contributed by atoms with Gasteiger partial charge in [-0.15, -0.1) is 0 Å². The van der Waals surface area contributed by atoms with Crippen LogP contribution in [0.4, 0.5) is 11.4 Å². The second-order valence-electron chi connectivity index (χ2n) is 5.15. The Bertz CT molecular complexity index is 464. The molecule has 2 aliphatic rings. The minimum atomic E-state index is -0.284. The molecular weight excluding hydrogens is 216 g/mol. The highest BCUT2D eigenvalue weighted by Gasteiger charge is 2.42. The van der Waals surface area contributed by atoms with E-state index in [2.05, 4.69) is 11.4 Å². The van der Waals surface area contributed by atoms with Crippen LogP contribution in [-0.2, 0) is 5.41 Å². The average molecular weight is 232 g/mol. The van der Waals surface area contributed by atoms with Crippen LogP contribution in [0.5, 0.6) is 0 Å². The zero-order valence-corrected chi connectivity index (χ0v) is 9.74. The molecule has 90 valence electrons. The Labute approximate surface area is 100 Å². The molecule has 3 rings (SSSR count). The number of para-hydroxylation sites is 1. The predicted octanol–water partition coefficient (Wildman–Crippen LogP) is 3.22. The van der Waals surface area contributed by atoms with Gasteiger partial charge in [-0.05, 0) is 18.4 Å². The van der Waals surface area contributed by atoms with Crippen molar-refractivity contribution in [2.45, 2.75) is 37.5 Å². The monoisotopic (exact) mass is 232 g/mol. The van der Waals surface area contributed by atoms with Gasteiger partial charge in [-0.3, -0.25) is 10.1 Å². The number of nitro groups is 1. The summed E-state index contributed by atoms with van der Waals surface area (Å²) in [7, 11) is 0. The summed E-state index contributed by atoms with van der Waals surface area (Å²) in [6, 6.07) is 5.47. The molecule has 1 fully saturated rings. The molecule has 0 aromatic heterocycles. The van der Waals surface area contributed by atoms with Gasteiger partial charge >= 0.3 is 0 Å². The maximum Gasteiger partial charge on any atom is 0.292 e. The van der Waals surface area contributed by atoms with Crippen LogP contribution in [0.3, 0.4) is 0 Å².